The second-order valence-corrected chi connectivity index (χ2v) is 5.39. The largest absolute Gasteiger partial charge is 0.394 e. The van der Waals surface area contributed by atoms with Crippen molar-refractivity contribution in [1.82, 2.24) is 9.55 Å². The second kappa shape index (κ2) is 5.70. The van der Waals surface area contributed by atoms with E-state index in [0.29, 0.717) is 6.54 Å². The van der Waals surface area contributed by atoms with Crippen LogP contribution in [0.3, 0.4) is 0 Å². The van der Waals surface area contributed by atoms with Crippen LogP contribution in [-0.4, -0.2) is 26.8 Å². The van der Waals surface area contributed by atoms with Crippen molar-refractivity contribution in [2.24, 2.45) is 0 Å². The molecule has 0 aromatic carbocycles. The van der Waals surface area contributed by atoms with E-state index in [2.05, 4.69) is 10.3 Å². The van der Waals surface area contributed by atoms with Crippen molar-refractivity contribution in [2.75, 3.05) is 17.7 Å². The van der Waals surface area contributed by atoms with Crippen LogP contribution in [0.15, 0.2) is 9.59 Å². The lowest BCUT2D eigenvalue weighted by molar-refractivity contribution is 0.172. The van der Waals surface area contributed by atoms with E-state index in [-0.39, 0.29) is 18.1 Å². The summed E-state index contributed by atoms with van der Waals surface area (Å²) < 4.78 is 1.30. The SMILES string of the molecule is CCn1c(N)c(NC2(CO)CCCCC2)c(=O)[nH]c1=O. The van der Waals surface area contributed by atoms with Gasteiger partial charge in [-0.1, -0.05) is 19.3 Å². The average molecular weight is 282 g/mol. The Balaban J connectivity index is 2.42. The number of aromatic amines is 1. The van der Waals surface area contributed by atoms with Crippen LogP contribution in [0.1, 0.15) is 39.0 Å². The lowest BCUT2D eigenvalue weighted by Gasteiger charge is -2.37. The summed E-state index contributed by atoms with van der Waals surface area (Å²) in [6.07, 6.45) is 4.70. The second-order valence-electron chi connectivity index (χ2n) is 5.39. The molecule has 1 fully saturated rings. The summed E-state index contributed by atoms with van der Waals surface area (Å²) in [4.78, 5) is 25.9. The standard InChI is InChI=1S/C13H22N4O3/c1-2-17-10(14)9(11(19)15-12(17)20)16-13(8-18)6-4-3-5-7-13/h16,18H,2-8,14H2,1H3,(H,15,19,20). The summed E-state index contributed by atoms with van der Waals surface area (Å²) in [5.41, 5.74) is 4.55. The maximum atomic E-state index is 12.0. The van der Waals surface area contributed by atoms with Crippen molar-refractivity contribution in [1.29, 1.82) is 0 Å². The van der Waals surface area contributed by atoms with Crippen molar-refractivity contribution in [3.05, 3.63) is 20.8 Å². The first-order valence-electron chi connectivity index (χ1n) is 7.04. The number of nitrogens with one attached hydrogen (secondary N) is 2. The molecule has 7 nitrogen and oxygen atoms in total. The molecule has 20 heavy (non-hydrogen) atoms. The van der Waals surface area contributed by atoms with E-state index in [1.807, 2.05) is 0 Å². The Morgan fingerprint density at radius 3 is 2.55 bits per heavy atom. The van der Waals surface area contributed by atoms with Crippen LogP contribution in [0.2, 0.25) is 0 Å². The predicted molar refractivity (Wildman–Crippen MR) is 77.9 cm³/mol. The Morgan fingerprint density at radius 2 is 2.00 bits per heavy atom. The number of nitrogen functional groups attached to an aromatic ring is 1. The van der Waals surface area contributed by atoms with E-state index in [1.54, 1.807) is 6.92 Å². The van der Waals surface area contributed by atoms with Gasteiger partial charge < -0.3 is 16.2 Å². The number of aromatic nitrogens is 2. The zero-order valence-corrected chi connectivity index (χ0v) is 11.7. The van der Waals surface area contributed by atoms with Gasteiger partial charge in [-0.25, -0.2) is 4.79 Å². The summed E-state index contributed by atoms with van der Waals surface area (Å²) in [5, 5.41) is 12.8. The molecular formula is C13H22N4O3. The van der Waals surface area contributed by atoms with Crippen molar-refractivity contribution in [3.8, 4) is 0 Å². The molecule has 0 bridgehead atoms. The first-order chi connectivity index (χ1) is 9.53. The highest BCUT2D eigenvalue weighted by molar-refractivity contribution is 5.61. The van der Waals surface area contributed by atoms with Gasteiger partial charge in [0.05, 0.1) is 12.1 Å². The fourth-order valence-corrected chi connectivity index (χ4v) is 2.84. The molecule has 0 saturated heterocycles. The summed E-state index contributed by atoms with van der Waals surface area (Å²) in [7, 11) is 0. The maximum Gasteiger partial charge on any atom is 0.330 e. The van der Waals surface area contributed by atoms with Gasteiger partial charge in [-0.05, 0) is 19.8 Å². The normalized spacial score (nSPS) is 17.9. The molecule has 1 aromatic heterocycles. The molecule has 1 aromatic rings. The average Bonchev–Trinajstić information content (AvgIpc) is 2.45. The molecule has 1 heterocycles. The van der Waals surface area contributed by atoms with Gasteiger partial charge in [-0.15, -0.1) is 0 Å². The highest BCUT2D eigenvalue weighted by Gasteiger charge is 2.32. The fraction of sp³-hybridized carbons (Fsp3) is 0.692. The molecule has 7 heteroatoms. The van der Waals surface area contributed by atoms with Crippen LogP contribution in [0.25, 0.3) is 0 Å². The molecular weight excluding hydrogens is 260 g/mol. The predicted octanol–water partition coefficient (Wildman–Crippen LogP) is 0.246. The molecule has 5 N–H and O–H groups in total. The topological polar surface area (TPSA) is 113 Å². The number of H-pyrrole nitrogens is 1. The zero-order valence-electron chi connectivity index (χ0n) is 11.7. The Bertz CT molecular complexity index is 584. The van der Waals surface area contributed by atoms with Gasteiger partial charge in [0.15, 0.2) is 0 Å². The number of nitrogens with two attached hydrogens (primary N) is 1. The van der Waals surface area contributed by atoms with Gasteiger partial charge >= 0.3 is 5.69 Å². The molecule has 0 atom stereocenters. The van der Waals surface area contributed by atoms with Crippen LogP contribution >= 0.6 is 0 Å². The Kier molecular flexibility index (Phi) is 4.17. The smallest absolute Gasteiger partial charge is 0.330 e. The number of nitrogens with zero attached hydrogens (tertiary/aromatic N) is 1. The molecule has 0 unspecified atom stereocenters. The zero-order chi connectivity index (χ0) is 14.8. The summed E-state index contributed by atoms with van der Waals surface area (Å²) in [6.45, 7) is 2.10. The minimum atomic E-state index is -0.532. The van der Waals surface area contributed by atoms with Gasteiger partial charge in [-0.2, -0.15) is 0 Å². The highest BCUT2D eigenvalue weighted by Crippen LogP contribution is 2.31. The monoisotopic (exact) mass is 282 g/mol. The molecule has 0 aliphatic heterocycles. The Morgan fingerprint density at radius 1 is 1.35 bits per heavy atom. The minimum absolute atomic E-state index is 0.0584. The van der Waals surface area contributed by atoms with Crippen LogP contribution in [0.5, 0.6) is 0 Å². The lowest BCUT2D eigenvalue weighted by Crippen LogP contribution is -2.46. The molecule has 1 aliphatic carbocycles. The van der Waals surface area contributed by atoms with Crippen LogP contribution in [-0.2, 0) is 6.54 Å². The van der Waals surface area contributed by atoms with E-state index in [4.69, 9.17) is 5.73 Å². The first kappa shape index (κ1) is 14.6. The molecule has 112 valence electrons. The van der Waals surface area contributed by atoms with Crippen LogP contribution < -0.4 is 22.3 Å². The van der Waals surface area contributed by atoms with E-state index >= 15 is 0 Å². The summed E-state index contributed by atoms with van der Waals surface area (Å²) >= 11 is 0. The molecule has 0 amide bonds. The van der Waals surface area contributed by atoms with Crippen molar-refractivity contribution in [2.45, 2.75) is 51.1 Å². The Hall–Kier alpha value is -1.76. The Labute approximate surface area is 116 Å². The van der Waals surface area contributed by atoms with Crippen molar-refractivity contribution >= 4 is 11.5 Å². The quantitative estimate of drug-likeness (QED) is 0.632. The van der Waals surface area contributed by atoms with Crippen LogP contribution in [0, 0.1) is 0 Å². The fourth-order valence-electron chi connectivity index (χ4n) is 2.84. The molecule has 2 rings (SSSR count). The van der Waals surface area contributed by atoms with Crippen molar-refractivity contribution < 1.29 is 5.11 Å². The number of rotatable bonds is 4. The van der Waals surface area contributed by atoms with Gasteiger partial charge in [-0.3, -0.25) is 14.3 Å². The summed E-state index contributed by atoms with van der Waals surface area (Å²) in [5.74, 6) is 0.125. The molecule has 1 aliphatic rings. The minimum Gasteiger partial charge on any atom is -0.394 e. The molecule has 1 saturated carbocycles. The van der Waals surface area contributed by atoms with Gasteiger partial charge in [0, 0.05) is 6.54 Å². The number of aliphatic hydroxyl groups excluding tert-OH is 1. The third-order valence-corrected chi connectivity index (χ3v) is 4.06. The van der Waals surface area contributed by atoms with E-state index in [9.17, 15) is 14.7 Å². The summed E-state index contributed by atoms with van der Waals surface area (Å²) in [6, 6.07) is 0. The third kappa shape index (κ3) is 2.58. The molecule has 0 radical (unpaired) electrons. The van der Waals surface area contributed by atoms with Gasteiger partial charge in [0.2, 0.25) is 0 Å². The van der Waals surface area contributed by atoms with E-state index < -0.39 is 16.8 Å². The van der Waals surface area contributed by atoms with Gasteiger partial charge in [0.1, 0.15) is 11.5 Å². The van der Waals surface area contributed by atoms with E-state index in [1.165, 1.54) is 4.57 Å². The van der Waals surface area contributed by atoms with Crippen molar-refractivity contribution in [3.63, 3.8) is 0 Å². The first-order valence-corrected chi connectivity index (χ1v) is 7.04. The van der Waals surface area contributed by atoms with Crippen LogP contribution in [0.4, 0.5) is 11.5 Å². The third-order valence-electron chi connectivity index (χ3n) is 4.06. The van der Waals surface area contributed by atoms with E-state index in [0.717, 1.165) is 32.1 Å². The number of anilines is 2. The maximum absolute atomic E-state index is 12.0. The number of hydrogen-bond donors (Lipinski definition) is 4. The van der Waals surface area contributed by atoms with Gasteiger partial charge in [0.25, 0.3) is 5.56 Å². The number of hydrogen-bond acceptors (Lipinski definition) is 5. The highest BCUT2D eigenvalue weighted by atomic mass is 16.3. The molecule has 0 spiro atoms. The lowest BCUT2D eigenvalue weighted by atomic mass is 9.82. The number of aliphatic hydroxyl groups is 1.